The van der Waals surface area contributed by atoms with Crippen molar-refractivity contribution in [2.45, 2.75) is 76.2 Å². The smallest absolute Gasteiger partial charge is 0.287 e. The molecule has 124 valence electrons. The van der Waals surface area contributed by atoms with Gasteiger partial charge in [0.15, 0.2) is 0 Å². The maximum atomic E-state index is 6.27. The van der Waals surface area contributed by atoms with E-state index in [-0.39, 0.29) is 0 Å². The first-order chi connectivity index (χ1) is 11.2. The van der Waals surface area contributed by atoms with E-state index in [4.69, 9.17) is 5.73 Å². The van der Waals surface area contributed by atoms with Gasteiger partial charge in [-0.1, -0.05) is 0 Å². The van der Waals surface area contributed by atoms with Crippen molar-refractivity contribution in [1.82, 2.24) is 4.98 Å². The maximum absolute atomic E-state index is 6.27. The highest BCUT2D eigenvalue weighted by molar-refractivity contribution is 5.93. The highest BCUT2D eigenvalue weighted by atomic mass is 15.3. The summed E-state index contributed by atoms with van der Waals surface area (Å²) in [6.07, 6.45) is 16.1. The second kappa shape index (κ2) is 5.92. The number of rotatable bonds is 4. The summed E-state index contributed by atoms with van der Waals surface area (Å²) >= 11 is 0. The van der Waals surface area contributed by atoms with Gasteiger partial charge in [0, 0.05) is 25.2 Å². The first kappa shape index (κ1) is 15.2. The molecular formula is C20H30N3+. The number of amidine groups is 1. The van der Waals surface area contributed by atoms with E-state index in [2.05, 4.69) is 28.7 Å². The molecule has 3 heteroatoms. The van der Waals surface area contributed by atoms with Crippen molar-refractivity contribution < 1.29 is 4.58 Å². The summed E-state index contributed by atoms with van der Waals surface area (Å²) in [5.41, 5.74) is 9.52. The molecule has 0 amide bonds. The normalized spacial score (nSPS) is 29.3. The Balaban J connectivity index is 1.27. The van der Waals surface area contributed by atoms with Gasteiger partial charge in [0.25, 0.3) is 5.84 Å². The van der Waals surface area contributed by atoms with Crippen LogP contribution in [-0.2, 0) is 0 Å². The van der Waals surface area contributed by atoms with Crippen LogP contribution in [0.4, 0.5) is 0 Å². The zero-order valence-electron chi connectivity index (χ0n) is 14.4. The van der Waals surface area contributed by atoms with Crippen molar-refractivity contribution in [2.24, 2.45) is 11.7 Å². The van der Waals surface area contributed by atoms with E-state index in [0.717, 1.165) is 11.8 Å². The second-order valence-electron chi connectivity index (χ2n) is 8.01. The highest BCUT2D eigenvalue weighted by Gasteiger charge is 2.61. The van der Waals surface area contributed by atoms with Crippen LogP contribution < -0.4 is 5.73 Å². The first-order valence-electron chi connectivity index (χ1n) is 9.52. The van der Waals surface area contributed by atoms with Crippen molar-refractivity contribution >= 4 is 5.84 Å². The number of hydrogen-bond donors (Lipinski definition) is 1. The molecule has 3 nitrogen and oxygen atoms in total. The molecule has 4 rings (SSSR count). The predicted molar refractivity (Wildman–Crippen MR) is 93.8 cm³/mol. The summed E-state index contributed by atoms with van der Waals surface area (Å²) in [6, 6.07) is 2.15. The molecule has 0 bridgehead atoms. The Kier molecular flexibility index (Phi) is 3.90. The fourth-order valence-corrected chi connectivity index (χ4v) is 5.19. The molecule has 23 heavy (non-hydrogen) atoms. The summed E-state index contributed by atoms with van der Waals surface area (Å²) in [5, 5.41) is 0. The molecule has 2 saturated carbocycles. The van der Waals surface area contributed by atoms with Gasteiger partial charge in [-0.2, -0.15) is 0 Å². The SMILES string of the molecule is Cc1ccncc1C1CCC(CC[N+]2=C(N)C23CCCC3)CC1. The Hall–Kier alpha value is -1.38. The molecule has 2 N–H and O–H groups in total. The minimum absolute atomic E-state index is 0.351. The van der Waals surface area contributed by atoms with Crippen LogP contribution in [0.2, 0.25) is 0 Å². The van der Waals surface area contributed by atoms with Crippen molar-refractivity contribution in [3.05, 3.63) is 29.6 Å². The Bertz CT molecular complexity index is 605. The van der Waals surface area contributed by atoms with Crippen LogP contribution >= 0.6 is 0 Å². The number of pyridine rings is 1. The zero-order chi connectivity index (χ0) is 15.9. The van der Waals surface area contributed by atoms with Crippen molar-refractivity contribution in [3.63, 3.8) is 0 Å². The van der Waals surface area contributed by atoms with Crippen LogP contribution in [0.15, 0.2) is 18.5 Å². The summed E-state index contributed by atoms with van der Waals surface area (Å²) in [5.74, 6) is 2.84. The molecule has 2 heterocycles. The van der Waals surface area contributed by atoms with E-state index >= 15 is 0 Å². The minimum atomic E-state index is 0.351. The number of aromatic nitrogens is 1. The predicted octanol–water partition coefficient (Wildman–Crippen LogP) is 3.75. The van der Waals surface area contributed by atoms with Crippen molar-refractivity contribution in [2.75, 3.05) is 6.54 Å². The lowest BCUT2D eigenvalue weighted by Gasteiger charge is -2.29. The monoisotopic (exact) mass is 312 g/mol. The molecule has 0 aromatic carbocycles. The van der Waals surface area contributed by atoms with E-state index in [9.17, 15) is 0 Å². The van der Waals surface area contributed by atoms with E-state index in [1.807, 2.05) is 6.20 Å². The average Bonchev–Trinajstić information content (AvgIpc) is 2.91. The topological polar surface area (TPSA) is 41.9 Å². The van der Waals surface area contributed by atoms with Crippen LogP contribution in [0.25, 0.3) is 0 Å². The fraction of sp³-hybridized carbons (Fsp3) is 0.700. The number of hydrogen-bond acceptors (Lipinski definition) is 2. The molecular weight excluding hydrogens is 282 g/mol. The molecule has 2 fully saturated rings. The van der Waals surface area contributed by atoms with Gasteiger partial charge in [-0.25, -0.2) is 4.58 Å². The Morgan fingerprint density at radius 1 is 1.22 bits per heavy atom. The molecule has 0 unspecified atom stereocenters. The Morgan fingerprint density at radius 2 is 1.96 bits per heavy atom. The molecule has 0 radical (unpaired) electrons. The summed E-state index contributed by atoms with van der Waals surface area (Å²) in [4.78, 5) is 4.33. The van der Waals surface area contributed by atoms with Gasteiger partial charge in [0.1, 0.15) is 0 Å². The third kappa shape index (κ3) is 2.68. The minimum Gasteiger partial charge on any atom is -0.287 e. The molecule has 2 aliphatic carbocycles. The summed E-state index contributed by atoms with van der Waals surface area (Å²) < 4.78 is 2.53. The molecule has 1 spiro atoms. The van der Waals surface area contributed by atoms with Gasteiger partial charge in [-0.3, -0.25) is 10.7 Å². The third-order valence-electron chi connectivity index (χ3n) is 6.79. The molecule has 0 atom stereocenters. The average molecular weight is 312 g/mol. The van der Waals surface area contributed by atoms with Crippen LogP contribution in [0.3, 0.4) is 0 Å². The van der Waals surface area contributed by atoms with Gasteiger partial charge >= 0.3 is 0 Å². The van der Waals surface area contributed by atoms with E-state index < -0.39 is 0 Å². The van der Waals surface area contributed by atoms with E-state index in [1.54, 1.807) is 0 Å². The molecule has 0 saturated heterocycles. The second-order valence-corrected chi connectivity index (χ2v) is 8.01. The lowest BCUT2D eigenvalue weighted by atomic mass is 9.77. The Morgan fingerprint density at radius 3 is 2.65 bits per heavy atom. The van der Waals surface area contributed by atoms with Gasteiger partial charge in [-0.05, 0) is 80.9 Å². The van der Waals surface area contributed by atoms with Crippen molar-refractivity contribution in [3.8, 4) is 0 Å². The van der Waals surface area contributed by atoms with Gasteiger partial charge in [0.2, 0.25) is 5.54 Å². The molecule has 1 aromatic rings. The number of nitrogens with zero attached hydrogens (tertiary/aromatic N) is 2. The third-order valence-corrected chi connectivity index (χ3v) is 6.79. The Labute approximate surface area is 140 Å². The number of aryl methyl sites for hydroxylation is 1. The van der Waals surface area contributed by atoms with Crippen LogP contribution in [0, 0.1) is 12.8 Å². The van der Waals surface area contributed by atoms with Gasteiger partial charge in [-0.15, -0.1) is 0 Å². The lowest BCUT2D eigenvalue weighted by Crippen LogP contribution is -2.24. The molecule has 3 aliphatic rings. The first-order valence-corrected chi connectivity index (χ1v) is 9.52. The number of nitrogens with two attached hydrogens (primary N) is 1. The maximum Gasteiger partial charge on any atom is 0.292 e. The summed E-state index contributed by atoms with van der Waals surface area (Å²) in [7, 11) is 0. The summed E-state index contributed by atoms with van der Waals surface area (Å²) in [6.45, 7) is 3.43. The highest BCUT2D eigenvalue weighted by Crippen LogP contribution is 2.43. The van der Waals surface area contributed by atoms with Gasteiger partial charge < -0.3 is 0 Å². The van der Waals surface area contributed by atoms with E-state index in [1.165, 1.54) is 81.3 Å². The largest absolute Gasteiger partial charge is 0.292 e. The molecule has 1 aromatic heterocycles. The van der Waals surface area contributed by atoms with Crippen molar-refractivity contribution in [1.29, 1.82) is 0 Å². The standard InChI is InChI=1S/C20H29N3/c1-15-8-12-22-14-18(15)17-6-4-16(5-7-17)9-13-23-19(21)20(23)10-2-3-11-20/h8,12,14,16-17,21H,2-7,9-11,13H2,1H3/p+1. The fourth-order valence-electron chi connectivity index (χ4n) is 5.19. The van der Waals surface area contributed by atoms with Crippen LogP contribution in [-0.4, -0.2) is 27.5 Å². The van der Waals surface area contributed by atoms with E-state index in [0.29, 0.717) is 5.54 Å². The molecule has 1 aliphatic heterocycles. The zero-order valence-corrected chi connectivity index (χ0v) is 14.4. The van der Waals surface area contributed by atoms with Gasteiger partial charge in [0.05, 0.1) is 6.54 Å². The quantitative estimate of drug-likeness (QED) is 0.860. The van der Waals surface area contributed by atoms with Crippen LogP contribution in [0.1, 0.15) is 74.8 Å². The van der Waals surface area contributed by atoms with Crippen LogP contribution in [0.5, 0.6) is 0 Å². The lowest BCUT2D eigenvalue weighted by molar-refractivity contribution is -0.506.